The first-order valence-corrected chi connectivity index (χ1v) is 10.5. The van der Waals surface area contributed by atoms with Gasteiger partial charge in [0.2, 0.25) is 5.91 Å². The SMILES string of the molecule is COC(=O)c1cccc(-c2cc(Cl)c3c(c2)CC(CNC(=O)C2CCOCC2)O3)c1. The van der Waals surface area contributed by atoms with E-state index in [0.717, 1.165) is 29.5 Å². The molecule has 6 nitrogen and oxygen atoms in total. The lowest BCUT2D eigenvalue weighted by Crippen LogP contribution is -2.39. The molecule has 1 amide bonds. The molecule has 1 N–H and O–H groups in total. The lowest BCUT2D eigenvalue weighted by atomic mass is 9.98. The summed E-state index contributed by atoms with van der Waals surface area (Å²) in [6.07, 6.45) is 2.03. The van der Waals surface area contributed by atoms with Crippen LogP contribution in [0.2, 0.25) is 5.02 Å². The first-order valence-electron chi connectivity index (χ1n) is 10.1. The second-order valence-electron chi connectivity index (χ2n) is 7.59. The van der Waals surface area contributed by atoms with Crippen LogP contribution >= 0.6 is 11.6 Å². The molecular formula is C23H24ClNO5. The van der Waals surface area contributed by atoms with E-state index >= 15 is 0 Å². The van der Waals surface area contributed by atoms with Crippen molar-refractivity contribution in [1.82, 2.24) is 5.32 Å². The summed E-state index contributed by atoms with van der Waals surface area (Å²) < 4.78 is 16.1. The number of nitrogens with one attached hydrogen (secondary N) is 1. The molecule has 158 valence electrons. The van der Waals surface area contributed by atoms with Crippen LogP contribution in [0.4, 0.5) is 0 Å². The van der Waals surface area contributed by atoms with Crippen LogP contribution in [-0.2, 0) is 20.7 Å². The Morgan fingerprint density at radius 1 is 1.17 bits per heavy atom. The summed E-state index contributed by atoms with van der Waals surface area (Å²) >= 11 is 6.49. The number of rotatable bonds is 5. The molecule has 7 heteroatoms. The molecule has 2 aromatic carbocycles. The van der Waals surface area contributed by atoms with Crippen LogP contribution in [0.15, 0.2) is 36.4 Å². The first-order chi connectivity index (χ1) is 14.5. The van der Waals surface area contributed by atoms with Crippen molar-refractivity contribution in [1.29, 1.82) is 0 Å². The predicted octanol–water partition coefficient (Wildman–Crippen LogP) is 3.64. The van der Waals surface area contributed by atoms with Crippen LogP contribution in [0.5, 0.6) is 5.75 Å². The van der Waals surface area contributed by atoms with Gasteiger partial charge < -0.3 is 19.5 Å². The van der Waals surface area contributed by atoms with Gasteiger partial charge in [-0.25, -0.2) is 4.79 Å². The van der Waals surface area contributed by atoms with Gasteiger partial charge >= 0.3 is 5.97 Å². The maximum Gasteiger partial charge on any atom is 0.337 e. The summed E-state index contributed by atoms with van der Waals surface area (Å²) in [6.45, 7) is 1.71. The van der Waals surface area contributed by atoms with Gasteiger partial charge in [-0.2, -0.15) is 0 Å². The van der Waals surface area contributed by atoms with E-state index in [9.17, 15) is 9.59 Å². The zero-order valence-electron chi connectivity index (χ0n) is 16.8. The lowest BCUT2D eigenvalue weighted by molar-refractivity contribution is -0.128. The molecule has 2 aromatic rings. The minimum Gasteiger partial charge on any atom is -0.486 e. The number of esters is 1. The minimum atomic E-state index is -0.382. The number of carbonyl (C=O) groups is 2. The highest BCUT2D eigenvalue weighted by Gasteiger charge is 2.28. The highest BCUT2D eigenvalue weighted by atomic mass is 35.5. The maximum atomic E-state index is 12.4. The third-order valence-electron chi connectivity index (χ3n) is 5.57. The fraction of sp³-hybridized carbons (Fsp3) is 0.391. The molecule has 1 atom stereocenters. The van der Waals surface area contributed by atoms with Crippen LogP contribution < -0.4 is 10.1 Å². The van der Waals surface area contributed by atoms with Gasteiger partial charge in [0.05, 0.1) is 24.2 Å². The highest BCUT2D eigenvalue weighted by Crippen LogP contribution is 2.39. The zero-order chi connectivity index (χ0) is 21.1. The van der Waals surface area contributed by atoms with Crippen molar-refractivity contribution in [2.45, 2.75) is 25.4 Å². The molecule has 0 radical (unpaired) electrons. The van der Waals surface area contributed by atoms with Gasteiger partial charge in [0, 0.05) is 31.1 Å². The Labute approximate surface area is 180 Å². The molecule has 1 saturated heterocycles. The average molecular weight is 430 g/mol. The normalized spacial score (nSPS) is 18.4. The molecule has 0 bridgehead atoms. The van der Waals surface area contributed by atoms with Crippen molar-refractivity contribution in [2.24, 2.45) is 5.92 Å². The van der Waals surface area contributed by atoms with Gasteiger partial charge in [-0.1, -0.05) is 23.7 Å². The van der Waals surface area contributed by atoms with Gasteiger partial charge in [0.1, 0.15) is 11.9 Å². The Morgan fingerprint density at radius 2 is 1.97 bits per heavy atom. The molecule has 1 fully saturated rings. The lowest BCUT2D eigenvalue weighted by Gasteiger charge is -2.22. The van der Waals surface area contributed by atoms with Crippen molar-refractivity contribution >= 4 is 23.5 Å². The predicted molar refractivity (Wildman–Crippen MR) is 113 cm³/mol. The van der Waals surface area contributed by atoms with E-state index in [4.69, 9.17) is 25.8 Å². The Hall–Kier alpha value is -2.57. The smallest absolute Gasteiger partial charge is 0.337 e. The van der Waals surface area contributed by atoms with Crippen molar-refractivity contribution in [3.8, 4) is 16.9 Å². The molecular weight excluding hydrogens is 406 g/mol. The number of methoxy groups -OCH3 is 1. The summed E-state index contributed by atoms with van der Waals surface area (Å²) in [4.78, 5) is 24.2. The van der Waals surface area contributed by atoms with E-state index in [1.165, 1.54) is 7.11 Å². The second kappa shape index (κ2) is 9.06. The van der Waals surface area contributed by atoms with Gasteiger partial charge in [-0.3, -0.25) is 4.79 Å². The number of carbonyl (C=O) groups excluding carboxylic acids is 2. The molecule has 0 saturated carbocycles. The van der Waals surface area contributed by atoms with Crippen LogP contribution in [0.3, 0.4) is 0 Å². The second-order valence-corrected chi connectivity index (χ2v) is 8.00. The van der Waals surface area contributed by atoms with Crippen LogP contribution in [-0.4, -0.2) is 44.8 Å². The van der Waals surface area contributed by atoms with Crippen molar-refractivity contribution in [2.75, 3.05) is 26.9 Å². The molecule has 4 rings (SSSR count). The zero-order valence-corrected chi connectivity index (χ0v) is 17.5. The number of benzene rings is 2. The van der Waals surface area contributed by atoms with Crippen molar-refractivity contribution < 1.29 is 23.8 Å². The van der Waals surface area contributed by atoms with Crippen LogP contribution in [0, 0.1) is 5.92 Å². The van der Waals surface area contributed by atoms with E-state index in [1.54, 1.807) is 12.1 Å². The van der Waals surface area contributed by atoms with Crippen molar-refractivity contribution in [3.63, 3.8) is 0 Å². The molecule has 0 aromatic heterocycles. The Kier molecular flexibility index (Phi) is 6.25. The van der Waals surface area contributed by atoms with Gasteiger partial charge in [0.25, 0.3) is 0 Å². The monoisotopic (exact) mass is 429 g/mol. The largest absolute Gasteiger partial charge is 0.486 e. The molecule has 2 aliphatic rings. The number of ether oxygens (including phenoxy) is 3. The number of hydrogen-bond donors (Lipinski definition) is 1. The summed E-state index contributed by atoms with van der Waals surface area (Å²) in [5.74, 6) is 0.353. The van der Waals surface area contributed by atoms with E-state index in [2.05, 4.69) is 5.32 Å². The van der Waals surface area contributed by atoms with Crippen LogP contribution in [0.25, 0.3) is 11.1 Å². The number of amides is 1. The topological polar surface area (TPSA) is 73.9 Å². The maximum absolute atomic E-state index is 12.4. The molecule has 2 aliphatic heterocycles. The number of halogens is 1. The standard InChI is InChI=1S/C23H24ClNO5/c1-28-23(27)16-4-2-3-15(9-16)17-10-18-11-19(30-21(18)20(24)12-17)13-25-22(26)14-5-7-29-8-6-14/h2-4,9-10,12,14,19H,5-8,11,13H2,1H3,(H,25,26). The number of fused-ring (bicyclic) bond motifs is 1. The van der Waals surface area contributed by atoms with E-state index in [0.29, 0.717) is 42.5 Å². The average Bonchev–Trinajstić information content (AvgIpc) is 3.21. The molecule has 1 unspecified atom stereocenters. The summed E-state index contributed by atoms with van der Waals surface area (Å²) in [5.41, 5.74) is 3.25. The molecule has 0 spiro atoms. The molecule has 2 heterocycles. The van der Waals surface area contributed by atoms with E-state index in [-0.39, 0.29) is 23.9 Å². The van der Waals surface area contributed by atoms with Crippen molar-refractivity contribution in [3.05, 3.63) is 52.5 Å². The number of hydrogen-bond acceptors (Lipinski definition) is 5. The third kappa shape index (κ3) is 4.45. The quantitative estimate of drug-likeness (QED) is 0.734. The third-order valence-corrected chi connectivity index (χ3v) is 5.85. The van der Waals surface area contributed by atoms with E-state index < -0.39 is 0 Å². The Morgan fingerprint density at radius 3 is 2.73 bits per heavy atom. The Balaban J connectivity index is 1.44. The fourth-order valence-electron chi connectivity index (χ4n) is 3.93. The molecule has 30 heavy (non-hydrogen) atoms. The van der Waals surface area contributed by atoms with Gasteiger partial charge in [-0.05, 0) is 48.2 Å². The Bertz CT molecular complexity index is 955. The molecule has 0 aliphatic carbocycles. The van der Waals surface area contributed by atoms with Gasteiger partial charge in [0.15, 0.2) is 0 Å². The summed E-state index contributed by atoms with van der Waals surface area (Å²) in [5, 5.41) is 3.53. The minimum absolute atomic E-state index is 0.0137. The summed E-state index contributed by atoms with van der Waals surface area (Å²) in [7, 11) is 1.36. The van der Waals surface area contributed by atoms with Gasteiger partial charge in [-0.15, -0.1) is 0 Å². The van der Waals surface area contributed by atoms with E-state index in [1.807, 2.05) is 24.3 Å². The first kappa shape index (κ1) is 20.7. The highest BCUT2D eigenvalue weighted by molar-refractivity contribution is 6.32. The van der Waals surface area contributed by atoms with Crippen LogP contribution in [0.1, 0.15) is 28.8 Å². The fourth-order valence-corrected chi connectivity index (χ4v) is 4.21. The summed E-state index contributed by atoms with van der Waals surface area (Å²) in [6, 6.07) is 11.1.